The van der Waals surface area contributed by atoms with Gasteiger partial charge in [-0.15, -0.1) is 0 Å². The van der Waals surface area contributed by atoms with Crippen LogP contribution >= 0.6 is 0 Å². The molecule has 0 aliphatic heterocycles. The average Bonchev–Trinajstić information content (AvgIpc) is 2.58. The summed E-state index contributed by atoms with van der Waals surface area (Å²) in [6.07, 6.45) is 6.25. The quantitative estimate of drug-likeness (QED) is 0.725. The molecule has 1 aromatic heterocycles. The number of nitrogens with two attached hydrogens (primary N) is 1. The summed E-state index contributed by atoms with van der Waals surface area (Å²) in [4.78, 5) is 3.42. The molecule has 1 unspecified atom stereocenters. The molecular weight excluding hydrogens is 236 g/mol. The van der Waals surface area contributed by atoms with Gasteiger partial charge in [0.25, 0.3) is 0 Å². The predicted octanol–water partition coefficient (Wildman–Crippen LogP) is 2.74. The molecule has 0 saturated carbocycles. The van der Waals surface area contributed by atoms with Gasteiger partial charge in [-0.05, 0) is 61.4 Å². The average molecular weight is 258 g/mol. The third kappa shape index (κ3) is 2.17. The van der Waals surface area contributed by atoms with E-state index >= 15 is 0 Å². The van der Waals surface area contributed by atoms with Crippen LogP contribution in [0.1, 0.15) is 47.7 Å². The zero-order valence-corrected chi connectivity index (χ0v) is 11.5. The highest BCUT2D eigenvalue weighted by molar-refractivity contribution is 5.86. The van der Waals surface area contributed by atoms with E-state index in [9.17, 15) is 5.11 Å². The molecule has 0 amide bonds. The Bertz CT molecular complexity index is 600. The smallest absolute Gasteiger partial charge is 0.0625 e. The third-order valence-corrected chi connectivity index (χ3v) is 4.32. The molecule has 0 fully saturated rings. The van der Waals surface area contributed by atoms with Gasteiger partial charge in [-0.3, -0.25) is 0 Å². The van der Waals surface area contributed by atoms with Crippen LogP contribution in [-0.2, 0) is 12.8 Å². The van der Waals surface area contributed by atoms with Crippen LogP contribution in [0.4, 0.5) is 0 Å². The van der Waals surface area contributed by atoms with Crippen molar-refractivity contribution in [2.24, 2.45) is 5.73 Å². The van der Waals surface area contributed by atoms with Crippen LogP contribution in [0.15, 0.2) is 12.1 Å². The topological polar surface area (TPSA) is 62.0 Å². The molecule has 0 saturated heterocycles. The Morgan fingerprint density at radius 3 is 2.58 bits per heavy atom. The molecule has 3 rings (SSSR count). The minimum atomic E-state index is -0.294. The second kappa shape index (κ2) is 4.99. The lowest BCUT2D eigenvalue weighted by Crippen LogP contribution is -2.15. The van der Waals surface area contributed by atoms with Gasteiger partial charge in [-0.1, -0.05) is 6.42 Å². The van der Waals surface area contributed by atoms with Gasteiger partial charge in [0.1, 0.15) is 0 Å². The van der Waals surface area contributed by atoms with Gasteiger partial charge in [-0.2, -0.15) is 0 Å². The van der Waals surface area contributed by atoms with E-state index in [2.05, 4.69) is 17.1 Å². The number of H-pyrrole nitrogens is 1. The van der Waals surface area contributed by atoms with Crippen molar-refractivity contribution in [2.75, 3.05) is 6.61 Å². The van der Waals surface area contributed by atoms with Crippen molar-refractivity contribution in [1.82, 2.24) is 4.98 Å². The van der Waals surface area contributed by atoms with Crippen LogP contribution in [0.5, 0.6) is 0 Å². The molecule has 4 N–H and O–H groups in total. The number of benzene rings is 1. The van der Waals surface area contributed by atoms with Crippen LogP contribution < -0.4 is 5.73 Å². The van der Waals surface area contributed by atoms with E-state index in [-0.39, 0.29) is 12.6 Å². The first-order valence-electron chi connectivity index (χ1n) is 7.21. The number of hydrogen-bond donors (Lipinski definition) is 3. The van der Waals surface area contributed by atoms with Crippen LogP contribution in [0, 0.1) is 6.92 Å². The van der Waals surface area contributed by atoms with E-state index in [1.54, 1.807) is 0 Å². The van der Waals surface area contributed by atoms with Crippen molar-refractivity contribution in [3.63, 3.8) is 0 Å². The highest BCUT2D eigenvalue weighted by Gasteiger charge is 2.17. The van der Waals surface area contributed by atoms with Crippen LogP contribution in [0.25, 0.3) is 10.9 Å². The Morgan fingerprint density at radius 2 is 1.89 bits per heavy atom. The molecule has 3 heteroatoms. The molecule has 102 valence electrons. The number of nitrogens with one attached hydrogen (secondary N) is 1. The fourth-order valence-corrected chi connectivity index (χ4v) is 3.33. The number of rotatable bonds is 2. The summed E-state index contributed by atoms with van der Waals surface area (Å²) in [5.74, 6) is 0. The van der Waals surface area contributed by atoms with Gasteiger partial charge in [0.15, 0.2) is 0 Å². The largest absolute Gasteiger partial charge is 0.394 e. The molecule has 1 aliphatic rings. The number of aryl methyl sites for hydroxylation is 3. The van der Waals surface area contributed by atoms with Gasteiger partial charge in [-0.25, -0.2) is 0 Å². The molecule has 0 spiro atoms. The monoisotopic (exact) mass is 258 g/mol. The maximum absolute atomic E-state index is 9.34. The lowest BCUT2D eigenvalue weighted by molar-refractivity contribution is 0.268. The van der Waals surface area contributed by atoms with Crippen molar-refractivity contribution in [3.8, 4) is 0 Å². The number of aliphatic hydroxyl groups excluding tert-OH is 1. The number of hydrogen-bond acceptors (Lipinski definition) is 2. The second-order valence-corrected chi connectivity index (χ2v) is 5.68. The summed E-state index contributed by atoms with van der Waals surface area (Å²) in [7, 11) is 0. The predicted molar refractivity (Wildman–Crippen MR) is 78.3 cm³/mol. The normalized spacial score (nSPS) is 17.2. The van der Waals surface area contributed by atoms with Gasteiger partial charge in [0.05, 0.1) is 12.6 Å². The van der Waals surface area contributed by atoms with E-state index in [0.717, 1.165) is 16.8 Å². The SMILES string of the molecule is Cc1[nH]c2cc3c(cc2c1C(N)CO)CCCCC3. The van der Waals surface area contributed by atoms with E-state index in [4.69, 9.17) is 5.73 Å². The van der Waals surface area contributed by atoms with Crippen LogP contribution in [0.3, 0.4) is 0 Å². The van der Waals surface area contributed by atoms with E-state index in [1.165, 1.54) is 48.6 Å². The summed E-state index contributed by atoms with van der Waals surface area (Å²) in [6, 6.07) is 4.29. The summed E-state index contributed by atoms with van der Waals surface area (Å²) in [5.41, 5.74) is 12.3. The molecule has 0 bridgehead atoms. The molecule has 2 aromatic rings. The van der Waals surface area contributed by atoms with E-state index in [0.29, 0.717) is 0 Å². The van der Waals surface area contributed by atoms with Crippen LogP contribution in [-0.4, -0.2) is 16.7 Å². The van der Waals surface area contributed by atoms with Gasteiger partial charge in [0, 0.05) is 16.6 Å². The molecule has 19 heavy (non-hydrogen) atoms. The van der Waals surface area contributed by atoms with E-state index < -0.39 is 0 Å². The highest BCUT2D eigenvalue weighted by Crippen LogP contribution is 2.31. The first-order valence-corrected chi connectivity index (χ1v) is 7.21. The zero-order chi connectivity index (χ0) is 13.4. The minimum absolute atomic E-state index is 0.00905. The molecule has 1 heterocycles. The fourth-order valence-electron chi connectivity index (χ4n) is 3.33. The first-order chi connectivity index (χ1) is 9.20. The number of fused-ring (bicyclic) bond motifs is 2. The van der Waals surface area contributed by atoms with Crippen LogP contribution in [0.2, 0.25) is 0 Å². The molecule has 3 nitrogen and oxygen atoms in total. The molecule has 0 radical (unpaired) electrons. The van der Waals surface area contributed by atoms with Gasteiger partial charge >= 0.3 is 0 Å². The van der Waals surface area contributed by atoms with Crippen molar-refractivity contribution in [2.45, 2.75) is 45.1 Å². The maximum Gasteiger partial charge on any atom is 0.0625 e. The number of aromatic nitrogens is 1. The van der Waals surface area contributed by atoms with Gasteiger partial charge < -0.3 is 15.8 Å². The Hall–Kier alpha value is -1.32. The van der Waals surface area contributed by atoms with Crippen molar-refractivity contribution >= 4 is 10.9 Å². The first kappa shape index (κ1) is 12.7. The molecular formula is C16H22N2O. The summed E-state index contributed by atoms with van der Waals surface area (Å²) >= 11 is 0. The fraction of sp³-hybridized carbons (Fsp3) is 0.500. The van der Waals surface area contributed by atoms with Crippen molar-refractivity contribution in [3.05, 3.63) is 34.5 Å². The second-order valence-electron chi connectivity index (χ2n) is 5.68. The summed E-state index contributed by atoms with van der Waals surface area (Å²) in [6.45, 7) is 2.03. The third-order valence-electron chi connectivity index (χ3n) is 4.32. The molecule has 1 aromatic carbocycles. The van der Waals surface area contributed by atoms with Crippen molar-refractivity contribution in [1.29, 1.82) is 0 Å². The summed E-state index contributed by atoms with van der Waals surface area (Å²) < 4.78 is 0. The van der Waals surface area contributed by atoms with E-state index in [1.807, 2.05) is 6.92 Å². The number of aliphatic hydroxyl groups is 1. The Morgan fingerprint density at radius 1 is 1.21 bits per heavy atom. The highest BCUT2D eigenvalue weighted by atomic mass is 16.3. The molecule has 1 atom stereocenters. The lowest BCUT2D eigenvalue weighted by atomic mass is 9.97. The number of aromatic amines is 1. The zero-order valence-electron chi connectivity index (χ0n) is 11.5. The minimum Gasteiger partial charge on any atom is -0.394 e. The standard InChI is InChI=1S/C16H22N2O/c1-10-16(14(17)9-19)13-7-11-5-3-2-4-6-12(11)8-15(13)18-10/h7-8,14,18-19H,2-6,9,17H2,1H3. The lowest BCUT2D eigenvalue weighted by Gasteiger charge is -2.10. The van der Waals surface area contributed by atoms with Gasteiger partial charge in [0.2, 0.25) is 0 Å². The Balaban J connectivity index is 2.18. The summed E-state index contributed by atoms with van der Waals surface area (Å²) in [5, 5.41) is 10.5. The van der Waals surface area contributed by atoms with Crippen molar-refractivity contribution < 1.29 is 5.11 Å². The Kier molecular flexibility index (Phi) is 3.33. The molecule has 1 aliphatic carbocycles. The Labute approximate surface area is 113 Å². The maximum atomic E-state index is 9.34.